The van der Waals surface area contributed by atoms with Crippen LogP contribution < -0.4 is 4.74 Å². The van der Waals surface area contributed by atoms with Crippen LogP contribution in [0.3, 0.4) is 0 Å². The molecule has 1 aromatic carbocycles. The van der Waals surface area contributed by atoms with Crippen LogP contribution in [0.25, 0.3) is 0 Å². The van der Waals surface area contributed by atoms with Crippen molar-refractivity contribution in [2.75, 3.05) is 0 Å². The Bertz CT molecular complexity index is 711. The van der Waals surface area contributed by atoms with Crippen LogP contribution in [-0.2, 0) is 4.79 Å². The zero-order valence-corrected chi connectivity index (χ0v) is 20.0. The Hall–Kier alpha value is -1.17. The van der Waals surface area contributed by atoms with Crippen LogP contribution in [0.1, 0.15) is 90.4 Å². The number of thioether (sulfide) groups is 1. The number of ether oxygens (including phenoxy) is 1. The SMILES string of the molecule is CCCCCCC1CCC(C2CCC(C(=O)Oc3ccc(SC(F)F)c(F)c3)CC2)CC1. The molecule has 0 heterocycles. The van der Waals surface area contributed by atoms with Crippen molar-refractivity contribution in [2.24, 2.45) is 23.7 Å². The fourth-order valence-corrected chi connectivity index (χ4v) is 6.08. The number of hydrogen-bond donors (Lipinski definition) is 0. The lowest BCUT2D eigenvalue weighted by atomic mass is 9.68. The van der Waals surface area contributed by atoms with Gasteiger partial charge in [0.1, 0.15) is 11.6 Å². The molecule has 2 saturated carbocycles. The molecule has 0 N–H and O–H groups in total. The number of benzene rings is 1. The predicted octanol–water partition coefficient (Wildman–Crippen LogP) is 8.63. The van der Waals surface area contributed by atoms with E-state index < -0.39 is 11.6 Å². The van der Waals surface area contributed by atoms with Crippen LogP contribution in [-0.4, -0.2) is 11.7 Å². The number of alkyl halides is 2. The van der Waals surface area contributed by atoms with Gasteiger partial charge in [-0.2, -0.15) is 8.78 Å². The summed E-state index contributed by atoms with van der Waals surface area (Å²) in [6.45, 7) is 2.26. The van der Waals surface area contributed by atoms with E-state index in [2.05, 4.69) is 6.92 Å². The molecule has 0 radical (unpaired) electrons. The molecular formula is C26H37F3O2S. The second kappa shape index (κ2) is 12.9. The molecule has 0 amide bonds. The van der Waals surface area contributed by atoms with Crippen molar-refractivity contribution >= 4 is 17.7 Å². The summed E-state index contributed by atoms with van der Waals surface area (Å²) in [4.78, 5) is 12.4. The molecule has 0 bridgehead atoms. The summed E-state index contributed by atoms with van der Waals surface area (Å²) in [6, 6.07) is 3.65. The molecule has 6 heteroatoms. The number of hydrogen-bond acceptors (Lipinski definition) is 3. The summed E-state index contributed by atoms with van der Waals surface area (Å²) in [5.41, 5.74) is 0. The highest BCUT2D eigenvalue weighted by Gasteiger charge is 2.33. The number of halogens is 3. The zero-order chi connectivity index (χ0) is 22.9. The van der Waals surface area contributed by atoms with Gasteiger partial charge in [-0.25, -0.2) is 4.39 Å². The highest BCUT2D eigenvalue weighted by molar-refractivity contribution is 7.99. The number of carbonyl (C=O) groups excluding carboxylic acids is 1. The van der Waals surface area contributed by atoms with Gasteiger partial charge in [0.05, 0.1) is 5.92 Å². The van der Waals surface area contributed by atoms with E-state index >= 15 is 0 Å². The summed E-state index contributed by atoms with van der Waals surface area (Å²) in [6.07, 6.45) is 16.0. The van der Waals surface area contributed by atoms with Crippen molar-refractivity contribution in [3.05, 3.63) is 24.0 Å². The first kappa shape index (κ1) is 25.5. The average Bonchev–Trinajstić information content (AvgIpc) is 2.79. The number of carbonyl (C=O) groups is 1. The predicted molar refractivity (Wildman–Crippen MR) is 124 cm³/mol. The zero-order valence-electron chi connectivity index (χ0n) is 19.2. The highest BCUT2D eigenvalue weighted by atomic mass is 32.2. The van der Waals surface area contributed by atoms with E-state index in [-0.39, 0.29) is 34.3 Å². The molecule has 180 valence electrons. The summed E-state index contributed by atoms with van der Waals surface area (Å²) >= 11 is 0.151. The third-order valence-electron chi connectivity index (χ3n) is 7.47. The smallest absolute Gasteiger partial charge is 0.314 e. The standard InChI is InChI=1S/C26H37F3O2S/c1-2-3-4-5-6-18-7-9-19(10-8-18)20-11-13-21(14-12-20)25(30)31-22-15-16-24(23(27)17-22)32-26(28)29/h15-21,26H,2-14H2,1H3. The first-order valence-corrected chi connectivity index (χ1v) is 13.3. The van der Waals surface area contributed by atoms with Gasteiger partial charge < -0.3 is 4.74 Å². The van der Waals surface area contributed by atoms with Gasteiger partial charge in [-0.05, 0) is 68.4 Å². The normalized spacial score (nSPS) is 26.3. The van der Waals surface area contributed by atoms with Crippen LogP contribution in [0.2, 0.25) is 0 Å². The average molecular weight is 471 g/mol. The molecule has 0 spiro atoms. The molecule has 1 aromatic rings. The van der Waals surface area contributed by atoms with Crippen molar-refractivity contribution < 1.29 is 22.7 Å². The minimum atomic E-state index is -2.69. The van der Waals surface area contributed by atoms with Crippen LogP contribution >= 0.6 is 11.8 Å². The molecule has 2 aliphatic carbocycles. The van der Waals surface area contributed by atoms with Crippen LogP contribution in [0.4, 0.5) is 13.2 Å². The van der Waals surface area contributed by atoms with Crippen LogP contribution in [0, 0.1) is 29.5 Å². The van der Waals surface area contributed by atoms with Gasteiger partial charge in [0, 0.05) is 11.0 Å². The molecule has 0 unspecified atom stereocenters. The van der Waals surface area contributed by atoms with E-state index in [9.17, 15) is 18.0 Å². The molecule has 2 fully saturated rings. The Morgan fingerprint density at radius 1 is 1.00 bits per heavy atom. The fourth-order valence-electron chi connectivity index (χ4n) is 5.57. The maximum atomic E-state index is 13.9. The number of rotatable bonds is 10. The molecular weight excluding hydrogens is 433 g/mol. The minimum Gasteiger partial charge on any atom is -0.426 e. The van der Waals surface area contributed by atoms with E-state index in [4.69, 9.17) is 4.74 Å². The first-order chi connectivity index (χ1) is 15.5. The summed E-state index contributed by atoms with van der Waals surface area (Å²) in [5, 5.41) is 0. The number of esters is 1. The Balaban J connectivity index is 1.38. The van der Waals surface area contributed by atoms with Gasteiger partial charge in [-0.1, -0.05) is 63.6 Å². The Morgan fingerprint density at radius 3 is 2.25 bits per heavy atom. The second-order valence-corrected chi connectivity index (χ2v) is 10.7. The Morgan fingerprint density at radius 2 is 1.66 bits per heavy atom. The van der Waals surface area contributed by atoms with Gasteiger partial charge in [0.2, 0.25) is 0 Å². The van der Waals surface area contributed by atoms with Gasteiger partial charge in [-0.15, -0.1) is 0 Å². The van der Waals surface area contributed by atoms with E-state index in [0.717, 1.165) is 43.6 Å². The summed E-state index contributed by atoms with van der Waals surface area (Å²) in [7, 11) is 0. The van der Waals surface area contributed by atoms with Crippen molar-refractivity contribution in [3.8, 4) is 5.75 Å². The molecule has 2 aliphatic rings. The molecule has 32 heavy (non-hydrogen) atoms. The maximum Gasteiger partial charge on any atom is 0.314 e. The summed E-state index contributed by atoms with van der Waals surface area (Å²) < 4.78 is 44.2. The minimum absolute atomic E-state index is 0.0884. The third-order valence-corrected chi connectivity index (χ3v) is 8.23. The third kappa shape index (κ3) is 7.71. The molecule has 0 atom stereocenters. The first-order valence-electron chi connectivity index (χ1n) is 12.4. The van der Waals surface area contributed by atoms with Crippen molar-refractivity contribution in [1.82, 2.24) is 0 Å². The van der Waals surface area contributed by atoms with E-state index in [1.54, 1.807) is 0 Å². The Kier molecular flexibility index (Phi) is 10.3. The quantitative estimate of drug-likeness (QED) is 0.148. The van der Waals surface area contributed by atoms with Gasteiger partial charge >= 0.3 is 5.97 Å². The highest BCUT2D eigenvalue weighted by Crippen LogP contribution is 2.42. The van der Waals surface area contributed by atoms with Crippen molar-refractivity contribution in [1.29, 1.82) is 0 Å². The lowest BCUT2D eigenvalue weighted by molar-refractivity contribution is -0.140. The van der Waals surface area contributed by atoms with E-state index in [1.807, 2.05) is 0 Å². The second-order valence-electron chi connectivity index (χ2n) is 9.63. The maximum absolute atomic E-state index is 13.9. The van der Waals surface area contributed by atoms with Crippen LogP contribution in [0.15, 0.2) is 23.1 Å². The largest absolute Gasteiger partial charge is 0.426 e. The van der Waals surface area contributed by atoms with Crippen molar-refractivity contribution in [3.63, 3.8) is 0 Å². The molecule has 0 aromatic heterocycles. The number of unbranched alkanes of at least 4 members (excludes halogenated alkanes) is 3. The molecule has 0 aliphatic heterocycles. The van der Waals surface area contributed by atoms with E-state index in [0.29, 0.717) is 5.92 Å². The molecule has 3 rings (SSSR count). The molecule has 2 nitrogen and oxygen atoms in total. The lowest BCUT2D eigenvalue weighted by Gasteiger charge is -2.37. The monoisotopic (exact) mass is 470 g/mol. The van der Waals surface area contributed by atoms with Gasteiger partial charge in [-0.3, -0.25) is 4.79 Å². The van der Waals surface area contributed by atoms with Gasteiger partial charge in [0.15, 0.2) is 0 Å². The fraction of sp³-hybridized carbons (Fsp3) is 0.731. The molecule has 0 saturated heterocycles. The van der Waals surface area contributed by atoms with Gasteiger partial charge in [0.25, 0.3) is 5.76 Å². The lowest BCUT2D eigenvalue weighted by Crippen LogP contribution is -2.30. The van der Waals surface area contributed by atoms with Crippen molar-refractivity contribution in [2.45, 2.75) is 101 Å². The summed E-state index contributed by atoms with van der Waals surface area (Å²) in [5.74, 6) is -1.44. The Labute approximate surface area is 195 Å². The van der Waals surface area contributed by atoms with Crippen LogP contribution in [0.5, 0.6) is 5.75 Å². The topological polar surface area (TPSA) is 26.3 Å². The van der Waals surface area contributed by atoms with E-state index in [1.165, 1.54) is 69.9 Å².